The van der Waals surface area contributed by atoms with E-state index in [9.17, 15) is 14.0 Å². The van der Waals surface area contributed by atoms with E-state index in [1.54, 1.807) is 61.5 Å². The predicted octanol–water partition coefficient (Wildman–Crippen LogP) is 4.37. The summed E-state index contributed by atoms with van der Waals surface area (Å²) in [5.41, 5.74) is 7.87. The van der Waals surface area contributed by atoms with Crippen molar-refractivity contribution in [2.24, 2.45) is 5.73 Å². The molecule has 30 heavy (non-hydrogen) atoms. The first-order valence-electron chi connectivity index (χ1n) is 9.56. The fourth-order valence-corrected chi connectivity index (χ4v) is 3.54. The Hall–Kier alpha value is -3.67. The zero-order valence-electron chi connectivity index (χ0n) is 16.4. The third-order valence-electron chi connectivity index (χ3n) is 5.16. The number of rotatable bonds is 5. The van der Waals surface area contributed by atoms with E-state index in [4.69, 9.17) is 15.2 Å². The van der Waals surface area contributed by atoms with Crippen LogP contribution < -0.4 is 15.2 Å². The van der Waals surface area contributed by atoms with Gasteiger partial charge in [-0.25, -0.2) is 4.39 Å². The van der Waals surface area contributed by atoms with Crippen molar-refractivity contribution in [3.63, 3.8) is 0 Å². The average Bonchev–Trinajstić information content (AvgIpc) is 2.75. The molecule has 3 aromatic rings. The Kier molecular flexibility index (Phi) is 5.23. The molecular formula is C24H20FNO4. The summed E-state index contributed by atoms with van der Waals surface area (Å²) in [5.74, 6) is 0.0511. The number of hydrogen-bond donors (Lipinski definition) is 1. The summed E-state index contributed by atoms with van der Waals surface area (Å²) in [4.78, 5) is 23.5. The first-order valence-corrected chi connectivity index (χ1v) is 9.56. The first kappa shape index (κ1) is 19.6. The number of benzene rings is 3. The molecule has 152 valence electrons. The number of Topliss-reactive ketones (excluding diaryl/α,β-unsaturated/α-hetero) is 1. The van der Waals surface area contributed by atoms with Crippen LogP contribution in [0, 0.1) is 12.7 Å². The third-order valence-corrected chi connectivity index (χ3v) is 5.16. The second kappa shape index (κ2) is 7.99. The van der Waals surface area contributed by atoms with Gasteiger partial charge in [-0.05, 0) is 42.8 Å². The Labute approximate surface area is 173 Å². The van der Waals surface area contributed by atoms with Gasteiger partial charge in [-0.2, -0.15) is 0 Å². The van der Waals surface area contributed by atoms with Crippen molar-refractivity contribution in [1.82, 2.24) is 0 Å². The fourth-order valence-electron chi connectivity index (χ4n) is 3.54. The molecule has 0 bridgehead atoms. The number of fused-ring (bicyclic) bond motifs is 1. The largest absolute Gasteiger partial charge is 0.492 e. The van der Waals surface area contributed by atoms with Crippen LogP contribution in [0.3, 0.4) is 0 Å². The highest BCUT2D eigenvalue weighted by Crippen LogP contribution is 2.38. The summed E-state index contributed by atoms with van der Waals surface area (Å²) in [7, 11) is 0. The van der Waals surface area contributed by atoms with E-state index < -0.39 is 17.8 Å². The van der Waals surface area contributed by atoms with Crippen LogP contribution >= 0.6 is 0 Å². The zero-order valence-corrected chi connectivity index (χ0v) is 16.4. The Bertz CT molecular complexity index is 1120. The van der Waals surface area contributed by atoms with Gasteiger partial charge in [0.25, 0.3) is 0 Å². The van der Waals surface area contributed by atoms with Crippen LogP contribution in [-0.2, 0) is 0 Å². The molecule has 2 N–H and O–H groups in total. The summed E-state index contributed by atoms with van der Waals surface area (Å²) in [5, 5.41) is 0. The molecule has 0 fully saturated rings. The van der Waals surface area contributed by atoms with Crippen LogP contribution in [0.2, 0.25) is 0 Å². The van der Waals surface area contributed by atoms with Gasteiger partial charge in [-0.1, -0.05) is 30.3 Å². The van der Waals surface area contributed by atoms with E-state index in [1.807, 2.05) is 0 Å². The number of primary amides is 1. The first-order chi connectivity index (χ1) is 14.5. The minimum absolute atomic E-state index is 0.0265. The number of amides is 1. The van der Waals surface area contributed by atoms with Crippen molar-refractivity contribution in [2.45, 2.75) is 19.4 Å². The fraction of sp³-hybridized carbons (Fsp3) is 0.167. The van der Waals surface area contributed by atoms with E-state index in [2.05, 4.69) is 0 Å². The van der Waals surface area contributed by atoms with Crippen LogP contribution in [0.25, 0.3) is 0 Å². The third kappa shape index (κ3) is 3.64. The Balaban J connectivity index is 1.77. The van der Waals surface area contributed by atoms with E-state index in [1.165, 1.54) is 6.07 Å². The van der Waals surface area contributed by atoms with Gasteiger partial charge < -0.3 is 15.2 Å². The molecule has 4 rings (SSSR count). The number of carbonyl (C=O) groups is 2. The van der Waals surface area contributed by atoms with Gasteiger partial charge in [0.2, 0.25) is 5.91 Å². The molecule has 0 saturated heterocycles. The Morgan fingerprint density at radius 2 is 1.83 bits per heavy atom. The van der Waals surface area contributed by atoms with Crippen molar-refractivity contribution < 1.29 is 23.5 Å². The smallest absolute Gasteiger partial charge is 0.248 e. The van der Waals surface area contributed by atoms with Gasteiger partial charge in [-0.3, -0.25) is 9.59 Å². The maximum atomic E-state index is 14.6. The second-order valence-corrected chi connectivity index (χ2v) is 7.09. The lowest BCUT2D eigenvalue weighted by molar-refractivity contribution is 0.0931. The Morgan fingerprint density at radius 1 is 1.10 bits per heavy atom. The van der Waals surface area contributed by atoms with E-state index in [0.29, 0.717) is 52.3 Å². The normalized spacial score (nSPS) is 13.9. The van der Waals surface area contributed by atoms with Gasteiger partial charge in [0.05, 0.1) is 12.2 Å². The maximum absolute atomic E-state index is 14.6. The monoisotopic (exact) mass is 405 g/mol. The standard InChI is InChI=1S/C24H20FNO4/c1-14-21(11-10-18-20(27)12-13-29-22(14)18)30-23(17-4-2-3-5-19(17)25)15-6-8-16(9-7-15)24(26)28/h2-11,23H,12-13H2,1H3,(H2,26,28)/t23-/m1/s1. The minimum atomic E-state index is -0.774. The molecule has 0 aliphatic carbocycles. The van der Waals surface area contributed by atoms with Crippen molar-refractivity contribution in [2.75, 3.05) is 6.61 Å². The van der Waals surface area contributed by atoms with Crippen LogP contribution in [0.4, 0.5) is 4.39 Å². The van der Waals surface area contributed by atoms with Crippen LogP contribution in [0.5, 0.6) is 11.5 Å². The highest BCUT2D eigenvalue weighted by atomic mass is 19.1. The summed E-state index contributed by atoms with van der Waals surface area (Å²) >= 11 is 0. The zero-order chi connectivity index (χ0) is 21.3. The molecule has 5 nitrogen and oxygen atoms in total. The molecule has 1 amide bonds. The number of carbonyl (C=O) groups excluding carboxylic acids is 2. The van der Waals surface area contributed by atoms with Gasteiger partial charge in [0.1, 0.15) is 17.3 Å². The number of halogens is 1. The summed E-state index contributed by atoms with van der Waals surface area (Å²) in [6.45, 7) is 2.13. The number of hydrogen-bond acceptors (Lipinski definition) is 4. The van der Waals surface area contributed by atoms with Crippen molar-refractivity contribution in [3.05, 3.63) is 94.3 Å². The average molecular weight is 405 g/mol. The van der Waals surface area contributed by atoms with E-state index in [-0.39, 0.29) is 5.78 Å². The maximum Gasteiger partial charge on any atom is 0.248 e. The molecule has 6 heteroatoms. The van der Waals surface area contributed by atoms with Crippen LogP contribution in [-0.4, -0.2) is 18.3 Å². The molecule has 1 atom stereocenters. The lowest BCUT2D eigenvalue weighted by Gasteiger charge is -2.25. The van der Waals surface area contributed by atoms with Gasteiger partial charge in [0, 0.05) is 23.1 Å². The van der Waals surface area contributed by atoms with Gasteiger partial charge in [0.15, 0.2) is 11.9 Å². The number of ether oxygens (including phenoxy) is 2. The molecule has 0 saturated carbocycles. The van der Waals surface area contributed by atoms with Crippen molar-refractivity contribution >= 4 is 11.7 Å². The lowest BCUT2D eigenvalue weighted by atomic mass is 9.98. The van der Waals surface area contributed by atoms with Gasteiger partial charge >= 0.3 is 0 Å². The molecule has 1 aliphatic rings. The molecule has 1 aliphatic heterocycles. The van der Waals surface area contributed by atoms with Crippen LogP contribution in [0.15, 0.2) is 60.7 Å². The van der Waals surface area contributed by atoms with Gasteiger partial charge in [-0.15, -0.1) is 0 Å². The Morgan fingerprint density at radius 3 is 2.53 bits per heavy atom. The molecule has 0 unspecified atom stereocenters. The minimum Gasteiger partial charge on any atom is -0.492 e. The summed E-state index contributed by atoms with van der Waals surface area (Å²) in [6, 6.07) is 16.3. The van der Waals surface area contributed by atoms with E-state index in [0.717, 1.165) is 0 Å². The topological polar surface area (TPSA) is 78.6 Å². The molecule has 3 aromatic carbocycles. The van der Waals surface area contributed by atoms with Crippen molar-refractivity contribution in [1.29, 1.82) is 0 Å². The molecule has 0 spiro atoms. The lowest BCUT2D eigenvalue weighted by Crippen LogP contribution is -2.17. The van der Waals surface area contributed by atoms with Crippen molar-refractivity contribution in [3.8, 4) is 11.5 Å². The van der Waals surface area contributed by atoms with Crippen LogP contribution in [0.1, 0.15) is 49.9 Å². The highest BCUT2D eigenvalue weighted by molar-refractivity contribution is 6.00. The quantitative estimate of drug-likeness (QED) is 0.684. The predicted molar refractivity (Wildman–Crippen MR) is 109 cm³/mol. The number of nitrogens with two attached hydrogens (primary N) is 1. The van der Waals surface area contributed by atoms with E-state index >= 15 is 0 Å². The molecule has 0 radical (unpaired) electrons. The molecule has 0 aromatic heterocycles. The SMILES string of the molecule is Cc1c(O[C@H](c2ccc(C(N)=O)cc2)c2ccccc2F)ccc2c1OCCC2=O. The second-order valence-electron chi connectivity index (χ2n) is 7.09. The highest BCUT2D eigenvalue weighted by Gasteiger charge is 2.25. The number of ketones is 1. The summed E-state index contributed by atoms with van der Waals surface area (Å²) < 4.78 is 26.6. The molecular weight excluding hydrogens is 385 g/mol. The summed E-state index contributed by atoms with van der Waals surface area (Å²) in [6.07, 6.45) is -0.430. The molecule has 1 heterocycles.